The van der Waals surface area contributed by atoms with Gasteiger partial charge in [0.05, 0.1) is 6.04 Å². The number of carbonyl (C=O) groups is 1. The average Bonchev–Trinajstić information content (AvgIpc) is 2.71. The number of nitrogens with one attached hydrogen (secondary N) is 1. The third-order valence-electron chi connectivity index (χ3n) is 6.10. The van der Waals surface area contributed by atoms with Crippen molar-refractivity contribution in [2.75, 3.05) is 13.2 Å². The number of carbonyl (C=O) groups excluding carboxylic acids is 1. The van der Waals surface area contributed by atoms with E-state index in [1.807, 2.05) is 18.2 Å². The molecule has 1 N–H and O–H groups in total. The molecule has 2 heterocycles. The third kappa shape index (κ3) is 3.63. The van der Waals surface area contributed by atoms with Gasteiger partial charge < -0.3 is 19.5 Å². The number of ether oxygens (including phenoxy) is 3. The Hall–Kier alpha value is -2.76. The van der Waals surface area contributed by atoms with E-state index in [-0.39, 0.29) is 23.4 Å². The van der Waals surface area contributed by atoms with E-state index < -0.39 is 0 Å². The van der Waals surface area contributed by atoms with Crippen LogP contribution in [0.15, 0.2) is 36.4 Å². The fraction of sp³-hybridized carbons (Fsp3) is 0.435. The molecule has 5 rings (SSSR count). The summed E-state index contributed by atoms with van der Waals surface area (Å²) in [7, 11) is 0. The molecule has 1 amide bonds. The van der Waals surface area contributed by atoms with Gasteiger partial charge in [-0.25, -0.2) is 4.39 Å². The molecule has 29 heavy (non-hydrogen) atoms. The minimum Gasteiger partial charge on any atom is -0.487 e. The second-order valence-corrected chi connectivity index (χ2v) is 8.12. The molecule has 2 aliphatic heterocycles. The van der Waals surface area contributed by atoms with E-state index in [9.17, 15) is 9.18 Å². The van der Waals surface area contributed by atoms with Crippen molar-refractivity contribution in [3.05, 3.63) is 53.3 Å². The zero-order valence-electron chi connectivity index (χ0n) is 16.2. The molecular weight excluding hydrogens is 373 g/mol. The summed E-state index contributed by atoms with van der Waals surface area (Å²) in [5.74, 6) is 1.81. The Morgan fingerprint density at radius 3 is 2.66 bits per heavy atom. The second-order valence-electron chi connectivity index (χ2n) is 8.12. The van der Waals surface area contributed by atoms with Crippen LogP contribution in [0.1, 0.15) is 49.3 Å². The van der Waals surface area contributed by atoms with Crippen LogP contribution in [0.4, 0.5) is 4.39 Å². The fourth-order valence-electron chi connectivity index (χ4n) is 4.42. The zero-order chi connectivity index (χ0) is 19.8. The van der Waals surface area contributed by atoms with Crippen molar-refractivity contribution in [2.24, 2.45) is 0 Å². The predicted molar refractivity (Wildman–Crippen MR) is 105 cm³/mol. The molecule has 0 bridgehead atoms. The van der Waals surface area contributed by atoms with E-state index in [0.29, 0.717) is 38.2 Å². The molecule has 1 saturated carbocycles. The van der Waals surface area contributed by atoms with Gasteiger partial charge in [-0.3, -0.25) is 4.79 Å². The van der Waals surface area contributed by atoms with Crippen LogP contribution in [-0.4, -0.2) is 24.7 Å². The van der Waals surface area contributed by atoms with Gasteiger partial charge in [-0.1, -0.05) is 6.07 Å². The highest BCUT2D eigenvalue weighted by molar-refractivity contribution is 5.77. The number of rotatable bonds is 4. The molecule has 0 aromatic heterocycles. The maximum Gasteiger partial charge on any atom is 0.220 e. The lowest BCUT2D eigenvalue weighted by atomic mass is 9.73. The molecular formula is C23H24FNO4. The lowest BCUT2D eigenvalue weighted by molar-refractivity contribution is -0.123. The quantitative estimate of drug-likeness (QED) is 0.844. The van der Waals surface area contributed by atoms with E-state index in [1.165, 1.54) is 12.1 Å². The molecule has 1 unspecified atom stereocenters. The van der Waals surface area contributed by atoms with Crippen molar-refractivity contribution in [3.8, 4) is 17.2 Å². The van der Waals surface area contributed by atoms with Gasteiger partial charge in [0.2, 0.25) is 5.91 Å². The molecule has 5 nitrogen and oxygen atoms in total. The highest BCUT2D eigenvalue weighted by atomic mass is 19.1. The molecule has 1 atom stereocenters. The Labute approximate surface area is 169 Å². The van der Waals surface area contributed by atoms with E-state index in [1.54, 1.807) is 6.07 Å². The van der Waals surface area contributed by atoms with Crippen LogP contribution in [0.5, 0.6) is 17.2 Å². The highest BCUT2D eigenvalue weighted by Gasteiger charge is 2.46. The van der Waals surface area contributed by atoms with E-state index in [0.717, 1.165) is 41.9 Å². The average molecular weight is 397 g/mol. The van der Waals surface area contributed by atoms with Gasteiger partial charge >= 0.3 is 0 Å². The van der Waals surface area contributed by atoms with Gasteiger partial charge in [-0.2, -0.15) is 0 Å². The van der Waals surface area contributed by atoms with Crippen LogP contribution >= 0.6 is 0 Å². The maximum absolute atomic E-state index is 13.8. The van der Waals surface area contributed by atoms with Gasteiger partial charge in [0.15, 0.2) is 11.5 Å². The van der Waals surface area contributed by atoms with Crippen molar-refractivity contribution in [3.63, 3.8) is 0 Å². The first-order valence-electron chi connectivity index (χ1n) is 10.3. The summed E-state index contributed by atoms with van der Waals surface area (Å²) in [6, 6.07) is 10.1. The summed E-state index contributed by atoms with van der Waals surface area (Å²) >= 11 is 0. The van der Waals surface area contributed by atoms with Crippen molar-refractivity contribution < 1.29 is 23.4 Å². The molecule has 2 aromatic rings. The van der Waals surface area contributed by atoms with Crippen LogP contribution in [0, 0.1) is 5.82 Å². The molecule has 1 aliphatic carbocycles. The number of aryl methyl sites for hydroxylation is 1. The van der Waals surface area contributed by atoms with Crippen LogP contribution in [0.3, 0.4) is 0 Å². The van der Waals surface area contributed by atoms with Gasteiger partial charge in [0, 0.05) is 18.4 Å². The van der Waals surface area contributed by atoms with Crippen LogP contribution < -0.4 is 19.5 Å². The Bertz CT molecular complexity index is 940. The fourth-order valence-corrected chi connectivity index (χ4v) is 4.42. The summed E-state index contributed by atoms with van der Waals surface area (Å²) in [4.78, 5) is 12.7. The molecule has 3 aliphatic rings. The van der Waals surface area contributed by atoms with Crippen LogP contribution in [-0.2, 0) is 11.2 Å². The minimum atomic E-state index is -0.313. The van der Waals surface area contributed by atoms with Gasteiger partial charge in [-0.15, -0.1) is 0 Å². The van der Waals surface area contributed by atoms with E-state index in [2.05, 4.69) is 5.32 Å². The Kier molecular flexibility index (Phi) is 4.57. The smallest absolute Gasteiger partial charge is 0.220 e. The maximum atomic E-state index is 13.8. The molecule has 1 fully saturated rings. The predicted octanol–water partition coefficient (Wildman–Crippen LogP) is 4.09. The molecule has 0 saturated heterocycles. The number of fused-ring (bicyclic) bond motifs is 2. The largest absolute Gasteiger partial charge is 0.487 e. The monoisotopic (exact) mass is 397 g/mol. The summed E-state index contributed by atoms with van der Waals surface area (Å²) in [6.07, 6.45) is 4.74. The third-order valence-corrected chi connectivity index (χ3v) is 6.10. The second kappa shape index (κ2) is 7.25. The SMILES string of the molecule is O=C(CCc1ccc2c(c1)OCCO2)NC1CC2(CCC2)Oc2ccc(F)cc21. The number of hydrogen-bond acceptors (Lipinski definition) is 4. The topological polar surface area (TPSA) is 56.8 Å². The minimum absolute atomic E-state index is 0.0449. The summed E-state index contributed by atoms with van der Waals surface area (Å²) in [6.45, 7) is 1.10. The van der Waals surface area contributed by atoms with Gasteiger partial charge in [0.1, 0.15) is 30.4 Å². The van der Waals surface area contributed by atoms with Crippen LogP contribution in [0.25, 0.3) is 0 Å². The molecule has 0 radical (unpaired) electrons. The van der Waals surface area contributed by atoms with E-state index >= 15 is 0 Å². The van der Waals surface area contributed by atoms with Gasteiger partial charge in [-0.05, 0) is 61.6 Å². The number of hydrogen-bond donors (Lipinski definition) is 1. The molecule has 2 aromatic carbocycles. The Balaban J connectivity index is 1.26. The lowest BCUT2D eigenvalue weighted by Crippen LogP contribution is -2.49. The number of benzene rings is 2. The van der Waals surface area contributed by atoms with Crippen LogP contribution in [0.2, 0.25) is 0 Å². The van der Waals surface area contributed by atoms with Crippen molar-refractivity contribution in [1.29, 1.82) is 0 Å². The Morgan fingerprint density at radius 1 is 1.07 bits per heavy atom. The summed E-state index contributed by atoms with van der Waals surface area (Å²) < 4.78 is 31.1. The first kappa shape index (κ1) is 18.3. The molecule has 6 heteroatoms. The zero-order valence-corrected chi connectivity index (χ0v) is 16.2. The summed E-state index contributed by atoms with van der Waals surface area (Å²) in [5.41, 5.74) is 1.55. The Morgan fingerprint density at radius 2 is 1.86 bits per heavy atom. The van der Waals surface area contributed by atoms with Crippen molar-refractivity contribution in [2.45, 2.75) is 50.2 Å². The molecule has 152 valence electrons. The number of amides is 1. The highest BCUT2D eigenvalue weighted by Crippen LogP contribution is 2.49. The van der Waals surface area contributed by atoms with Gasteiger partial charge in [0.25, 0.3) is 0 Å². The first-order valence-corrected chi connectivity index (χ1v) is 10.3. The normalized spacial score (nSPS) is 20.9. The molecule has 1 spiro atoms. The van der Waals surface area contributed by atoms with Crippen molar-refractivity contribution in [1.82, 2.24) is 5.32 Å². The van der Waals surface area contributed by atoms with Crippen molar-refractivity contribution >= 4 is 5.91 Å². The number of halogens is 1. The lowest BCUT2D eigenvalue weighted by Gasteiger charge is -2.48. The van der Waals surface area contributed by atoms with E-state index in [4.69, 9.17) is 14.2 Å². The summed E-state index contributed by atoms with van der Waals surface area (Å²) in [5, 5.41) is 3.12. The first-order chi connectivity index (χ1) is 14.1. The standard InChI is InChI=1S/C23H24FNO4/c24-16-4-6-19-17(13-16)18(14-23(29-19)8-1-9-23)25-22(26)7-3-15-2-5-20-21(12-15)28-11-10-27-20/h2,4-6,12-13,18H,1,3,7-11,14H2,(H,25,26).